The number of nitrogens with two attached hydrogens (primary N) is 1. The molecule has 92 valence electrons. The number of rotatable bonds is 3. The number of hydrogen-bond donors (Lipinski definition) is 1. The van der Waals surface area contributed by atoms with E-state index < -0.39 is 0 Å². The first-order chi connectivity index (χ1) is 8.83. The van der Waals surface area contributed by atoms with Gasteiger partial charge >= 0.3 is 0 Å². The molecule has 0 bridgehead atoms. The second-order valence-corrected chi connectivity index (χ2v) is 4.39. The Morgan fingerprint density at radius 1 is 1.17 bits per heavy atom. The summed E-state index contributed by atoms with van der Waals surface area (Å²) in [5.41, 5.74) is 8.10. The minimum atomic E-state index is -0.0110. The van der Waals surface area contributed by atoms with Crippen molar-refractivity contribution in [2.24, 2.45) is 5.73 Å². The fraction of sp³-hybridized carbons (Fsp3) is 0.200. The Balaban J connectivity index is 1.71. The van der Waals surface area contributed by atoms with E-state index in [-0.39, 0.29) is 6.04 Å². The Morgan fingerprint density at radius 2 is 2.00 bits per heavy atom. The maximum atomic E-state index is 5.90. The van der Waals surface area contributed by atoms with E-state index in [2.05, 4.69) is 0 Å². The molecule has 0 unspecified atom stereocenters. The Morgan fingerprint density at radius 3 is 2.83 bits per heavy atom. The maximum Gasteiger partial charge on any atom is 0.127 e. The van der Waals surface area contributed by atoms with Crippen LogP contribution < -0.4 is 15.2 Å². The van der Waals surface area contributed by atoms with E-state index in [1.807, 2.05) is 48.5 Å². The first kappa shape index (κ1) is 11.1. The van der Waals surface area contributed by atoms with Crippen LogP contribution in [-0.2, 0) is 6.61 Å². The third kappa shape index (κ3) is 2.17. The highest BCUT2D eigenvalue weighted by Crippen LogP contribution is 2.34. The molecule has 0 saturated heterocycles. The van der Waals surface area contributed by atoms with E-state index in [0.29, 0.717) is 13.2 Å². The topological polar surface area (TPSA) is 44.5 Å². The van der Waals surface area contributed by atoms with Crippen LogP contribution >= 0.6 is 0 Å². The molecule has 0 fully saturated rings. The fourth-order valence-corrected chi connectivity index (χ4v) is 2.05. The molecule has 1 aliphatic heterocycles. The normalized spacial score (nSPS) is 17.1. The van der Waals surface area contributed by atoms with Crippen LogP contribution in [-0.4, -0.2) is 6.61 Å². The van der Waals surface area contributed by atoms with Crippen molar-refractivity contribution in [3.05, 3.63) is 59.7 Å². The van der Waals surface area contributed by atoms with Gasteiger partial charge in [0.1, 0.15) is 24.7 Å². The molecule has 3 nitrogen and oxygen atoms in total. The van der Waals surface area contributed by atoms with Crippen molar-refractivity contribution in [3.8, 4) is 11.5 Å². The van der Waals surface area contributed by atoms with Crippen LogP contribution in [0.3, 0.4) is 0 Å². The van der Waals surface area contributed by atoms with Gasteiger partial charge < -0.3 is 15.2 Å². The lowest BCUT2D eigenvalue weighted by atomic mass is 10.1. The zero-order chi connectivity index (χ0) is 12.4. The molecule has 0 aromatic heterocycles. The predicted octanol–water partition coefficient (Wildman–Crippen LogP) is 2.66. The molecular formula is C15H15NO2. The second-order valence-electron chi connectivity index (χ2n) is 4.39. The van der Waals surface area contributed by atoms with E-state index >= 15 is 0 Å². The van der Waals surface area contributed by atoms with Crippen LogP contribution in [0, 0.1) is 0 Å². The van der Waals surface area contributed by atoms with Crippen molar-refractivity contribution in [2.45, 2.75) is 12.6 Å². The summed E-state index contributed by atoms with van der Waals surface area (Å²) >= 11 is 0. The molecule has 1 atom stereocenters. The molecule has 0 amide bonds. The molecule has 1 heterocycles. The van der Waals surface area contributed by atoms with Gasteiger partial charge in [-0.15, -0.1) is 0 Å². The smallest absolute Gasteiger partial charge is 0.127 e. The van der Waals surface area contributed by atoms with E-state index in [1.54, 1.807) is 0 Å². The van der Waals surface area contributed by atoms with Crippen molar-refractivity contribution < 1.29 is 9.47 Å². The first-order valence-electron chi connectivity index (χ1n) is 6.02. The van der Waals surface area contributed by atoms with Gasteiger partial charge in [0.2, 0.25) is 0 Å². The monoisotopic (exact) mass is 241 g/mol. The standard InChI is InChI=1S/C15H15NO2/c16-14-10-18-15-8-12(6-7-13(14)15)17-9-11-4-2-1-3-5-11/h1-8,14H,9-10,16H2/t14-/m1/s1. The van der Waals surface area contributed by atoms with E-state index in [1.165, 1.54) is 0 Å². The molecule has 0 spiro atoms. The Hall–Kier alpha value is -2.00. The summed E-state index contributed by atoms with van der Waals surface area (Å²) in [6, 6.07) is 15.9. The number of fused-ring (bicyclic) bond motifs is 1. The van der Waals surface area contributed by atoms with Gasteiger partial charge in [0.15, 0.2) is 0 Å². The third-order valence-corrected chi connectivity index (χ3v) is 3.05. The second kappa shape index (κ2) is 4.70. The van der Waals surface area contributed by atoms with Crippen LogP contribution in [0.1, 0.15) is 17.2 Å². The summed E-state index contributed by atoms with van der Waals surface area (Å²) < 4.78 is 11.2. The van der Waals surface area contributed by atoms with Crippen LogP contribution in [0.4, 0.5) is 0 Å². The minimum absolute atomic E-state index is 0.0110. The van der Waals surface area contributed by atoms with Crippen molar-refractivity contribution in [3.63, 3.8) is 0 Å². The molecule has 1 aliphatic rings. The van der Waals surface area contributed by atoms with E-state index in [0.717, 1.165) is 22.6 Å². The molecule has 3 heteroatoms. The van der Waals surface area contributed by atoms with Crippen LogP contribution in [0.2, 0.25) is 0 Å². The molecule has 0 saturated carbocycles. The predicted molar refractivity (Wildman–Crippen MR) is 69.6 cm³/mol. The largest absolute Gasteiger partial charge is 0.491 e. The summed E-state index contributed by atoms with van der Waals surface area (Å²) in [4.78, 5) is 0. The van der Waals surface area contributed by atoms with Gasteiger partial charge in [-0.25, -0.2) is 0 Å². The zero-order valence-electron chi connectivity index (χ0n) is 10.0. The first-order valence-corrected chi connectivity index (χ1v) is 6.02. The molecule has 18 heavy (non-hydrogen) atoms. The molecule has 2 aromatic rings. The summed E-state index contributed by atoms with van der Waals surface area (Å²) in [7, 11) is 0. The van der Waals surface area contributed by atoms with Gasteiger partial charge in [-0.05, 0) is 17.7 Å². The highest BCUT2D eigenvalue weighted by molar-refractivity contribution is 5.44. The third-order valence-electron chi connectivity index (χ3n) is 3.05. The number of hydrogen-bond acceptors (Lipinski definition) is 3. The SMILES string of the molecule is N[C@@H]1COc2cc(OCc3ccccc3)ccc21. The Labute approximate surface area is 106 Å². The van der Waals surface area contributed by atoms with Crippen LogP contribution in [0.25, 0.3) is 0 Å². The molecule has 2 N–H and O–H groups in total. The average Bonchev–Trinajstić information content (AvgIpc) is 2.79. The maximum absolute atomic E-state index is 5.90. The van der Waals surface area contributed by atoms with Crippen LogP contribution in [0.15, 0.2) is 48.5 Å². The quantitative estimate of drug-likeness (QED) is 0.898. The van der Waals surface area contributed by atoms with E-state index in [9.17, 15) is 0 Å². The number of ether oxygens (including phenoxy) is 2. The van der Waals surface area contributed by atoms with Gasteiger partial charge in [-0.3, -0.25) is 0 Å². The van der Waals surface area contributed by atoms with Gasteiger partial charge in [0.05, 0.1) is 6.04 Å². The molecular weight excluding hydrogens is 226 g/mol. The summed E-state index contributed by atoms with van der Waals surface area (Å²) in [6.45, 7) is 1.11. The minimum Gasteiger partial charge on any atom is -0.491 e. The van der Waals surface area contributed by atoms with Gasteiger partial charge in [-0.2, -0.15) is 0 Å². The van der Waals surface area contributed by atoms with Gasteiger partial charge in [0, 0.05) is 11.6 Å². The molecule has 0 aliphatic carbocycles. The fourth-order valence-electron chi connectivity index (χ4n) is 2.05. The molecule has 2 aromatic carbocycles. The van der Waals surface area contributed by atoms with Crippen molar-refractivity contribution in [1.29, 1.82) is 0 Å². The summed E-state index contributed by atoms with van der Waals surface area (Å²) in [6.07, 6.45) is 0. The average molecular weight is 241 g/mol. The lowest BCUT2D eigenvalue weighted by Crippen LogP contribution is -2.10. The van der Waals surface area contributed by atoms with Gasteiger partial charge in [-0.1, -0.05) is 30.3 Å². The van der Waals surface area contributed by atoms with Crippen LogP contribution in [0.5, 0.6) is 11.5 Å². The highest BCUT2D eigenvalue weighted by Gasteiger charge is 2.20. The zero-order valence-corrected chi connectivity index (χ0v) is 10.0. The van der Waals surface area contributed by atoms with E-state index in [4.69, 9.17) is 15.2 Å². The van der Waals surface area contributed by atoms with Crippen molar-refractivity contribution in [1.82, 2.24) is 0 Å². The summed E-state index contributed by atoms with van der Waals surface area (Å²) in [5, 5.41) is 0. The summed E-state index contributed by atoms with van der Waals surface area (Å²) in [5.74, 6) is 1.65. The Bertz CT molecular complexity index is 539. The number of benzene rings is 2. The van der Waals surface area contributed by atoms with Crippen molar-refractivity contribution in [2.75, 3.05) is 6.61 Å². The highest BCUT2D eigenvalue weighted by atomic mass is 16.5. The lowest BCUT2D eigenvalue weighted by Gasteiger charge is -2.08. The van der Waals surface area contributed by atoms with Crippen molar-refractivity contribution >= 4 is 0 Å². The molecule has 3 rings (SSSR count). The Kier molecular flexibility index (Phi) is 2.90. The lowest BCUT2D eigenvalue weighted by molar-refractivity contribution is 0.301. The molecule has 0 radical (unpaired) electrons. The van der Waals surface area contributed by atoms with Gasteiger partial charge in [0.25, 0.3) is 0 Å².